The molecule has 0 radical (unpaired) electrons. The Kier molecular flexibility index (Phi) is 5.59. The van der Waals surface area contributed by atoms with Gasteiger partial charge in [0.15, 0.2) is 0 Å². The minimum atomic E-state index is -1.00. The summed E-state index contributed by atoms with van der Waals surface area (Å²) in [4.78, 5) is 9.89. The topological polar surface area (TPSA) is 40.1 Å². The summed E-state index contributed by atoms with van der Waals surface area (Å²) in [5, 5.41) is 9.89. The van der Waals surface area contributed by atoms with Crippen molar-refractivity contribution in [3.63, 3.8) is 0 Å². The maximum atomic E-state index is 9.89. The molecule has 0 spiro atoms. The number of hydrogen-bond donors (Lipinski definition) is 0. The van der Waals surface area contributed by atoms with E-state index in [0.29, 0.717) is 4.48 Å². The zero-order valence-corrected chi connectivity index (χ0v) is 8.43. The number of hydrogen-bond acceptors (Lipinski definition) is 2. The van der Waals surface area contributed by atoms with E-state index in [4.69, 9.17) is 0 Å². The van der Waals surface area contributed by atoms with Crippen molar-refractivity contribution in [2.75, 3.05) is 27.7 Å². The van der Waals surface area contributed by atoms with Crippen molar-refractivity contribution in [2.24, 2.45) is 0 Å². The second-order valence-corrected chi connectivity index (χ2v) is 2.82. The van der Waals surface area contributed by atoms with E-state index in [9.17, 15) is 9.90 Å². The second kappa shape index (κ2) is 4.18. The molecule has 50 valence electrons. The molecule has 0 aromatic rings. The van der Waals surface area contributed by atoms with Crippen LogP contribution in [0.2, 0.25) is 0 Å². The van der Waals surface area contributed by atoms with Crippen molar-refractivity contribution in [2.45, 2.75) is 0 Å². The fourth-order valence-electron chi connectivity index (χ4n) is 0.387. The smallest absolute Gasteiger partial charge is 0.544 e. The van der Waals surface area contributed by atoms with E-state index >= 15 is 0 Å². The normalized spacial score (nSPS) is 10.1. The molecular weight excluding hydrogens is 197 g/mol. The van der Waals surface area contributed by atoms with Gasteiger partial charge in [-0.15, -0.1) is 0 Å². The van der Waals surface area contributed by atoms with Crippen molar-refractivity contribution >= 4 is 5.97 Å². The van der Waals surface area contributed by atoms with Crippen LogP contribution in [0.4, 0.5) is 0 Å². The van der Waals surface area contributed by atoms with Crippen LogP contribution in [-0.4, -0.2) is 38.1 Å². The van der Waals surface area contributed by atoms with Gasteiger partial charge in [-0.3, -0.25) is 0 Å². The average Bonchev–Trinajstić information content (AvgIpc) is 1.21. The summed E-state index contributed by atoms with van der Waals surface area (Å²) in [5.41, 5.74) is 0. The van der Waals surface area contributed by atoms with Gasteiger partial charge in [0.1, 0.15) is 6.54 Å². The fraction of sp³-hybridized carbons (Fsp3) is 0.800. The molecule has 0 aromatic heterocycles. The van der Waals surface area contributed by atoms with E-state index in [-0.39, 0.29) is 32.7 Å². The van der Waals surface area contributed by atoms with E-state index in [1.807, 2.05) is 0 Å². The number of nitrogens with zero attached hydrogens (tertiary/aromatic N) is 1. The summed E-state index contributed by atoms with van der Waals surface area (Å²) in [5.74, 6) is -1.00. The van der Waals surface area contributed by atoms with Crippen molar-refractivity contribution in [1.82, 2.24) is 0 Å². The number of carbonyl (C=O) groups is 1. The molecule has 0 N–H and O–H groups in total. The van der Waals surface area contributed by atoms with Crippen LogP contribution in [0, 0.1) is 0 Å². The Morgan fingerprint density at radius 1 is 1.44 bits per heavy atom. The van der Waals surface area contributed by atoms with Crippen molar-refractivity contribution < 1.29 is 40.6 Å². The van der Waals surface area contributed by atoms with Crippen molar-refractivity contribution in [3.8, 4) is 0 Å². The maximum Gasteiger partial charge on any atom is 2.00 e. The van der Waals surface area contributed by atoms with Crippen LogP contribution in [0.25, 0.3) is 0 Å². The largest absolute Gasteiger partial charge is 2.00 e. The van der Waals surface area contributed by atoms with E-state index in [2.05, 4.69) is 0 Å². The molecule has 0 aliphatic carbocycles. The van der Waals surface area contributed by atoms with Crippen LogP contribution >= 0.6 is 0 Å². The molecule has 0 aliphatic heterocycles. The molecule has 0 saturated heterocycles. The van der Waals surface area contributed by atoms with Crippen LogP contribution in [0.15, 0.2) is 0 Å². The predicted octanol–water partition coefficient (Wildman–Crippen LogP) is -1.56. The summed E-state index contributed by atoms with van der Waals surface area (Å²) >= 11 is 0. The molecule has 4 heteroatoms. The molecule has 0 aromatic carbocycles. The molecule has 0 unspecified atom stereocenters. The predicted molar refractivity (Wildman–Crippen MR) is 27.9 cm³/mol. The number of rotatable bonds is 2. The molecule has 0 saturated carbocycles. The summed E-state index contributed by atoms with van der Waals surface area (Å²) in [6.07, 6.45) is 0. The average molecular weight is 208 g/mol. The number of carboxylic acids is 1. The maximum absolute atomic E-state index is 9.89. The Morgan fingerprint density at radius 2 is 1.78 bits per heavy atom. The summed E-state index contributed by atoms with van der Waals surface area (Å²) in [6.45, 7) is 0.0694. The molecule has 0 atom stereocenters. The number of aliphatic carboxylic acids is 1. The minimum Gasteiger partial charge on any atom is -0.544 e. The fourth-order valence-corrected chi connectivity index (χ4v) is 0.387. The van der Waals surface area contributed by atoms with Crippen molar-refractivity contribution in [1.29, 1.82) is 0 Å². The molecule has 0 amide bonds. The Labute approximate surface area is 74.4 Å². The monoisotopic (exact) mass is 207 g/mol. The third kappa shape index (κ3) is 11.7. The van der Waals surface area contributed by atoms with Gasteiger partial charge in [0, 0.05) is 0 Å². The molecule has 0 aliphatic rings. The number of carboxylic acid groups (broad SMARTS) is 1. The molecule has 9 heavy (non-hydrogen) atoms. The molecule has 0 fully saturated rings. The van der Waals surface area contributed by atoms with Gasteiger partial charge < -0.3 is 14.4 Å². The minimum absolute atomic E-state index is 0. The van der Waals surface area contributed by atoms with Gasteiger partial charge in [0.05, 0.1) is 27.1 Å². The van der Waals surface area contributed by atoms with Gasteiger partial charge in [0.2, 0.25) is 0 Å². The SMILES string of the molecule is C[N+](C)(C)CC(=O)[O-].[Zr+2]. The Bertz CT molecular complexity index is 97.6. The first-order valence-electron chi connectivity index (χ1n) is 2.42. The van der Waals surface area contributed by atoms with E-state index in [1.165, 1.54) is 0 Å². The third-order valence-electron chi connectivity index (χ3n) is 0.603. The number of carbonyl (C=O) groups excluding carboxylic acids is 1. The third-order valence-corrected chi connectivity index (χ3v) is 0.603. The zero-order chi connectivity index (χ0) is 6.78. The van der Waals surface area contributed by atoms with E-state index < -0.39 is 5.97 Å². The summed E-state index contributed by atoms with van der Waals surface area (Å²) < 4.78 is 0.419. The first-order valence-corrected chi connectivity index (χ1v) is 2.42. The molecule has 3 nitrogen and oxygen atoms in total. The zero-order valence-electron chi connectivity index (χ0n) is 5.97. The van der Waals surface area contributed by atoms with Gasteiger partial charge in [0.25, 0.3) is 0 Å². The number of likely N-dealkylation sites (N-methyl/N-ethyl adjacent to an activating group) is 1. The standard InChI is InChI=1S/C5H11NO2.Zr/c1-6(2,3)4-5(7)8;/h4H2,1-3H3;/q;+2. The Morgan fingerprint density at radius 3 is 1.78 bits per heavy atom. The molecular formula is C5H11NO2Zr+2. The van der Waals surface area contributed by atoms with Crippen LogP contribution in [0.1, 0.15) is 0 Å². The molecule has 0 bridgehead atoms. The van der Waals surface area contributed by atoms with Gasteiger partial charge in [-0.05, 0) is 0 Å². The van der Waals surface area contributed by atoms with Gasteiger partial charge in [-0.25, -0.2) is 0 Å². The second-order valence-electron chi connectivity index (χ2n) is 2.82. The van der Waals surface area contributed by atoms with E-state index in [1.54, 1.807) is 21.1 Å². The molecule has 0 rings (SSSR count). The first kappa shape index (κ1) is 12.0. The number of quaternary nitrogens is 1. The van der Waals surface area contributed by atoms with Crippen LogP contribution in [0.3, 0.4) is 0 Å². The van der Waals surface area contributed by atoms with Crippen LogP contribution in [0.5, 0.6) is 0 Å². The first-order chi connectivity index (χ1) is 3.42. The summed E-state index contributed by atoms with van der Waals surface area (Å²) in [7, 11) is 5.40. The quantitative estimate of drug-likeness (QED) is 0.515. The summed E-state index contributed by atoms with van der Waals surface area (Å²) in [6, 6.07) is 0. The van der Waals surface area contributed by atoms with E-state index in [0.717, 1.165) is 0 Å². The van der Waals surface area contributed by atoms with Gasteiger partial charge >= 0.3 is 26.2 Å². The molecule has 0 heterocycles. The van der Waals surface area contributed by atoms with Crippen LogP contribution in [-0.2, 0) is 31.0 Å². The van der Waals surface area contributed by atoms with Crippen molar-refractivity contribution in [3.05, 3.63) is 0 Å². The van der Waals surface area contributed by atoms with Gasteiger partial charge in [-0.1, -0.05) is 0 Å². The van der Waals surface area contributed by atoms with Gasteiger partial charge in [-0.2, -0.15) is 0 Å². The Balaban J connectivity index is 0. The van der Waals surface area contributed by atoms with Crippen LogP contribution < -0.4 is 5.11 Å². The Hall–Kier alpha value is 0.313.